The number of aromatic nitrogens is 1. The highest BCUT2D eigenvalue weighted by atomic mass is 19.1. The maximum absolute atomic E-state index is 13.6. The molecule has 30 heavy (non-hydrogen) atoms. The first kappa shape index (κ1) is 21.9. The van der Waals surface area contributed by atoms with Gasteiger partial charge in [0.1, 0.15) is 24.0 Å². The molecule has 0 aliphatic rings. The van der Waals surface area contributed by atoms with Gasteiger partial charge in [-0.3, -0.25) is 4.98 Å². The van der Waals surface area contributed by atoms with E-state index in [9.17, 15) is 13.9 Å². The number of pyridine rings is 1. The van der Waals surface area contributed by atoms with E-state index >= 15 is 0 Å². The lowest BCUT2D eigenvalue weighted by molar-refractivity contribution is 0.278. The molecular formula is C25H27F2NO2. The average molecular weight is 411 g/mol. The van der Waals surface area contributed by atoms with E-state index in [-0.39, 0.29) is 36.7 Å². The van der Waals surface area contributed by atoms with Crippen molar-refractivity contribution in [3.05, 3.63) is 82.7 Å². The third kappa shape index (κ3) is 4.68. The Bertz CT molecular complexity index is 997. The SMILES string of the molecule is CC(C)c1nc(C(C)C)c(COc2ccc(F)cc2)c(-c2ccc(F)cc2)c1CO. The van der Waals surface area contributed by atoms with Gasteiger partial charge in [-0.25, -0.2) is 8.78 Å². The summed E-state index contributed by atoms with van der Waals surface area (Å²) in [6, 6.07) is 12.1. The van der Waals surface area contributed by atoms with Crippen molar-refractivity contribution in [2.45, 2.75) is 52.7 Å². The van der Waals surface area contributed by atoms with Gasteiger partial charge < -0.3 is 9.84 Å². The summed E-state index contributed by atoms with van der Waals surface area (Å²) in [5, 5.41) is 10.2. The summed E-state index contributed by atoms with van der Waals surface area (Å²) in [5.41, 5.74) is 4.88. The zero-order valence-corrected chi connectivity index (χ0v) is 17.7. The molecule has 0 amide bonds. The maximum Gasteiger partial charge on any atom is 0.123 e. The van der Waals surface area contributed by atoms with Gasteiger partial charge in [0.05, 0.1) is 12.3 Å². The van der Waals surface area contributed by atoms with Crippen LogP contribution in [0.2, 0.25) is 0 Å². The highest BCUT2D eigenvalue weighted by molar-refractivity contribution is 5.73. The van der Waals surface area contributed by atoms with Crippen LogP contribution in [0.25, 0.3) is 11.1 Å². The Labute approximate surface area is 176 Å². The van der Waals surface area contributed by atoms with Crippen LogP contribution in [0.1, 0.15) is 62.0 Å². The summed E-state index contributed by atoms with van der Waals surface area (Å²) in [4.78, 5) is 4.90. The van der Waals surface area contributed by atoms with Gasteiger partial charge in [0.15, 0.2) is 0 Å². The van der Waals surface area contributed by atoms with Gasteiger partial charge >= 0.3 is 0 Å². The first-order chi connectivity index (χ1) is 14.3. The van der Waals surface area contributed by atoms with Gasteiger partial charge in [0.25, 0.3) is 0 Å². The van der Waals surface area contributed by atoms with Gasteiger partial charge in [-0.05, 0) is 59.4 Å². The van der Waals surface area contributed by atoms with Crippen LogP contribution in [0.3, 0.4) is 0 Å². The molecule has 0 saturated heterocycles. The predicted octanol–water partition coefficient (Wildman–Crippen LogP) is 6.34. The number of aliphatic hydroxyl groups excluding tert-OH is 1. The third-order valence-electron chi connectivity index (χ3n) is 5.04. The Morgan fingerprint density at radius 3 is 1.80 bits per heavy atom. The maximum atomic E-state index is 13.6. The normalized spacial score (nSPS) is 11.4. The van der Waals surface area contributed by atoms with Gasteiger partial charge in [-0.1, -0.05) is 39.8 Å². The van der Waals surface area contributed by atoms with Crippen molar-refractivity contribution < 1.29 is 18.6 Å². The molecule has 0 spiro atoms. The lowest BCUT2D eigenvalue weighted by Crippen LogP contribution is -2.14. The number of rotatable bonds is 7. The van der Waals surface area contributed by atoms with Crippen molar-refractivity contribution in [3.8, 4) is 16.9 Å². The number of nitrogens with zero attached hydrogens (tertiary/aromatic N) is 1. The summed E-state index contributed by atoms with van der Waals surface area (Å²) < 4.78 is 32.8. The molecule has 3 nitrogen and oxygen atoms in total. The second-order valence-corrected chi connectivity index (χ2v) is 7.93. The zero-order valence-electron chi connectivity index (χ0n) is 17.7. The Morgan fingerprint density at radius 1 is 0.800 bits per heavy atom. The van der Waals surface area contributed by atoms with E-state index in [1.165, 1.54) is 24.3 Å². The molecule has 0 fully saturated rings. The molecule has 0 aliphatic heterocycles. The fourth-order valence-electron chi connectivity index (χ4n) is 3.62. The van der Waals surface area contributed by atoms with E-state index in [1.807, 2.05) is 13.8 Å². The Morgan fingerprint density at radius 2 is 1.30 bits per heavy atom. The average Bonchev–Trinajstić information content (AvgIpc) is 2.72. The standard InChI is InChI=1S/C25H27F2NO2/c1-15(2)24-21(13-29)23(17-5-7-18(26)8-6-17)22(25(28-24)16(3)4)14-30-20-11-9-19(27)10-12-20/h5-12,15-16,29H,13-14H2,1-4H3. The summed E-state index contributed by atoms with van der Waals surface area (Å²) in [6.07, 6.45) is 0. The Hall–Kier alpha value is -2.79. The first-order valence-electron chi connectivity index (χ1n) is 10.1. The number of halogens is 2. The van der Waals surface area contributed by atoms with Crippen molar-refractivity contribution in [2.75, 3.05) is 0 Å². The summed E-state index contributed by atoms with van der Waals surface area (Å²) in [7, 11) is 0. The molecule has 2 aromatic carbocycles. The van der Waals surface area contributed by atoms with Crippen LogP contribution < -0.4 is 4.74 Å². The van der Waals surface area contributed by atoms with Crippen molar-refractivity contribution in [3.63, 3.8) is 0 Å². The largest absolute Gasteiger partial charge is 0.489 e. The topological polar surface area (TPSA) is 42.4 Å². The van der Waals surface area contributed by atoms with Crippen LogP contribution in [0.5, 0.6) is 5.75 Å². The van der Waals surface area contributed by atoms with Crippen LogP contribution >= 0.6 is 0 Å². The summed E-state index contributed by atoms with van der Waals surface area (Å²) in [5.74, 6) is 0.102. The molecule has 0 saturated carbocycles. The molecule has 0 unspecified atom stereocenters. The quantitative estimate of drug-likeness (QED) is 0.493. The monoisotopic (exact) mass is 411 g/mol. The molecule has 0 atom stereocenters. The van der Waals surface area contributed by atoms with Crippen molar-refractivity contribution in [1.82, 2.24) is 4.98 Å². The molecule has 0 aliphatic carbocycles. The molecule has 1 N–H and O–H groups in total. The van der Waals surface area contributed by atoms with Crippen LogP contribution in [0, 0.1) is 11.6 Å². The molecule has 3 aromatic rings. The second kappa shape index (κ2) is 9.35. The van der Waals surface area contributed by atoms with E-state index in [0.717, 1.165) is 33.6 Å². The first-order valence-corrected chi connectivity index (χ1v) is 10.1. The molecule has 5 heteroatoms. The van der Waals surface area contributed by atoms with Crippen molar-refractivity contribution >= 4 is 0 Å². The Kier molecular flexibility index (Phi) is 6.83. The van der Waals surface area contributed by atoms with Crippen molar-refractivity contribution in [2.24, 2.45) is 0 Å². The molecular weight excluding hydrogens is 384 g/mol. The van der Waals surface area contributed by atoms with Gasteiger partial charge in [-0.15, -0.1) is 0 Å². The number of benzene rings is 2. The third-order valence-corrected chi connectivity index (χ3v) is 5.04. The lowest BCUT2D eigenvalue weighted by Gasteiger charge is -2.24. The molecule has 1 aromatic heterocycles. The molecule has 0 radical (unpaired) electrons. The molecule has 158 valence electrons. The smallest absolute Gasteiger partial charge is 0.123 e. The fourth-order valence-corrected chi connectivity index (χ4v) is 3.62. The number of hydrogen-bond acceptors (Lipinski definition) is 3. The lowest BCUT2D eigenvalue weighted by atomic mass is 9.87. The van der Waals surface area contributed by atoms with Crippen LogP contribution in [-0.4, -0.2) is 10.1 Å². The Balaban J connectivity index is 2.20. The minimum Gasteiger partial charge on any atom is -0.489 e. The summed E-state index contributed by atoms with van der Waals surface area (Å²) in [6.45, 7) is 8.20. The van der Waals surface area contributed by atoms with E-state index in [0.29, 0.717) is 5.75 Å². The highest BCUT2D eigenvalue weighted by Crippen LogP contribution is 2.37. The van der Waals surface area contributed by atoms with E-state index in [2.05, 4.69) is 13.8 Å². The number of ether oxygens (including phenoxy) is 1. The number of hydrogen-bond donors (Lipinski definition) is 1. The van der Waals surface area contributed by atoms with Crippen LogP contribution in [0.15, 0.2) is 48.5 Å². The zero-order chi connectivity index (χ0) is 21.8. The van der Waals surface area contributed by atoms with Crippen LogP contribution in [0.4, 0.5) is 8.78 Å². The minimum absolute atomic E-state index is 0.107. The number of aliphatic hydroxyl groups is 1. The van der Waals surface area contributed by atoms with E-state index in [4.69, 9.17) is 9.72 Å². The summed E-state index contributed by atoms with van der Waals surface area (Å²) >= 11 is 0. The fraction of sp³-hybridized carbons (Fsp3) is 0.320. The highest BCUT2D eigenvalue weighted by Gasteiger charge is 2.24. The van der Waals surface area contributed by atoms with E-state index in [1.54, 1.807) is 24.3 Å². The van der Waals surface area contributed by atoms with Gasteiger partial charge in [0, 0.05) is 16.8 Å². The minimum atomic E-state index is -0.331. The second-order valence-electron chi connectivity index (χ2n) is 7.93. The molecule has 0 bridgehead atoms. The van der Waals surface area contributed by atoms with Crippen molar-refractivity contribution in [1.29, 1.82) is 0 Å². The predicted molar refractivity (Wildman–Crippen MR) is 114 cm³/mol. The van der Waals surface area contributed by atoms with Gasteiger partial charge in [0.2, 0.25) is 0 Å². The van der Waals surface area contributed by atoms with E-state index < -0.39 is 0 Å². The molecule has 1 heterocycles. The van der Waals surface area contributed by atoms with Crippen LogP contribution in [-0.2, 0) is 13.2 Å². The van der Waals surface area contributed by atoms with Gasteiger partial charge in [-0.2, -0.15) is 0 Å². The molecule has 3 rings (SSSR count).